The van der Waals surface area contributed by atoms with Gasteiger partial charge in [-0.05, 0) is 43.5 Å². The molecule has 1 heterocycles. The molecule has 0 radical (unpaired) electrons. The number of Topliss-reactive ketones (excluding diaryl/α,β-unsaturated/α-hetero) is 1. The van der Waals surface area contributed by atoms with E-state index in [1.54, 1.807) is 22.5 Å². The molecule has 0 aliphatic carbocycles. The van der Waals surface area contributed by atoms with Crippen molar-refractivity contribution >= 4 is 27.6 Å². The van der Waals surface area contributed by atoms with Crippen LogP contribution in [0.5, 0.6) is 0 Å². The maximum atomic E-state index is 13.0. The molecule has 138 valence electrons. The van der Waals surface area contributed by atoms with E-state index in [9.17, 15) is 13.2 Å². The number of hydrogen-bond donors (Lipinski definition) is 0. The first kappa shape index (κ1) is 19.1. The van der Waals surface area contributed by atoms with Crippen LogP contribution in [0, 0.1) is 6.92 Å². The minimum Gasteiger partial charge on any atom is -0.295 e. The van der Waals surface area contributed by atoms with Gasteiger partial charge in [-0.25, -0.2) is 8.42 Å². The molecule has 0 spiro atoms. The number of hydrogen-bond acceptors (Lipinski definition) is 4. The number of benzene rings is 2. The molecule has 1 fully saturated rings. The maximum Gasteiger partial charge on any atom is 0.243 e. The van der Waals surface area contributed by atoms with Gasteiger partial charge >= 0.3 is 0 Å². The zero-order chi connectivity index (χ0) is 18.7. The Hall–Kier alpha value is -1.63. The number of nitrogens with zero attached hydrogens (tertiary/aromatic N) is 1. The van der Waals surface area contributed by atoms with Crippen LogP contribution in [0.4, 0.5) is 0 Å². The molecule has 0 amide bonds. The van der Waals surface area contributed by atoms with E-state index in [-0.39, 0.29) is 10.7 Å². The standard InChI is InChI=1S/C20H23NO3S2/c1-15-6-3-4-9-19(15)20-10-11-21(12-13-25-20)26(23,24)18-8-5-7-17(14-18)16(2)22/h3-9,14,20H,10-13H2,1-2H3. The Morgan fingerprint density at radius 3 is 2.62 bits per heavy atom. The SMILES string of the molecule is CC(=O)c1cccc(S(=O)(=O)N2CCSC(c3ccccc3C)CC2)c1. The first-order valence-electron chi connectivity index (χ1n) is 8.68. The normalized spacial score (nSPS) is 19.1. The molecule has 0 N–H and O–H groups in total. The quantitative estimate of drug-likeness (QED) is 0.740. The molecule has 2 aromatic rings. The fourth-order valence-corrected chi connectivity index (χ4v) is 6.16. The van der Waals surface area contributed by atoms with Gasteiger partial charge < -0.3 is 0 Å². The van der Waals surface area contributed by atoms with Crippen molar-refractivity contribution < 1.29 is 13.2 Å². The Morgan fingerprint density at radius 1 is 1.12 bits per heavy atom. The predicted octanol–water partition coefficient (Wildman–Crippen LogP) is 4.07. The maximum absolute atomic E-state index is 13.0. The number of carbonyl (C=O) groups is 1. The van der Waals surface area contributed by atoms with E-state index in [2.05, 4.69) is 19.1 Å². The van der Waals surface area contributed by atoms with E-state index in [0.29, 0.717) is 23.9 Å². The summed E-state index contributed by atoms with van der Waals surface area (Å²) in [5.41, 5.74) is 2.96. The second kappa shape index (κ2) is 7.94. The van der Waals surface area contributed by atoms with Gasteiger partial charge in [0.25, 0.3) is 0 Å². The molecule has 1 aliphatic rings. The van der Waals surface area contributed by atoms with Crippen molar-refractivity contribution in [2.24, 2.45) is 0 Å². The van der Waals surface area contributed by atoms with Crippen molar-refractivity contribution in [2.75, 3.05) is 18.8 Å². The van der Waals surface area contributed by atoms with Crippen LogP contribution in [-0.2, 0) is 10.0 Å². The fraction of sp³-hybridized carbons (Fsp3) is 0.350. The Balaban J connectivity index is 1.81. The van der Waals surface area contributed by atoms with E-state index in [0.717, 1.165) is 12.2 Å². The van der Waals surface area contributed by atoms with Gasteiger partial charge in [-0.3, -0.25) is 4.79 Å². The van der Waals surface area contributed by atoms with Crippen LogP contribution in [0.3, 0.4) is 0 Å². The number of thioether (sulfide) groups is 1. The lowest BCUT2D eigenvalue weighted by Gasteiger charge is -2.20. The molecule has 3 rings (SSSR count). The van der Waals surface area contributed by atoms with Crippen LogP contribution >= 0.6 is 11.8 Å². The van der Waals surface area contributed by atoms with Gasteiger partial charge in [0.2, 0.25) is 10.0 Å². The zero-order valence-corrected chi connectivity index (χ0v) is 16.6. The summed E-state index contributed by atoms with van der Waals surface area (Å²) in [6, 6.07) is 14.6. The average molecular weight is 390 g/mol. The summed E-state index contributed by atoms with van der Waals surface area (Å²) in [6.07, 6.45) is 0.779. The third-order valence-electron chi connectivity index (χ3n) is 4.71. The topological polar surface area (TPSA) is 54.5 Å². The van der Waals surface area contributed by atoms with E-state index < -0.39 is 10.0 Å². The molecule has 0 aromatic heterocycles. The summed E-state index contributed by atoms with van der Waals surface area (Å²) in [4.78, 5) is 11.8. The Bertz CT molecular complexity index is 909. The third-order valence-corrected chi connectivity index (χ3v) is 7.92. The Labute approximate surface area is 159 Å². The van der Waals surface area contributed by atoms with Crippen molar-refractivity contribution in [3.05, 3.63) is 65.2 Å². The third kappa shape index (κ3) is 4.03. The molecule has 2 aromatic carbocycles. The lowest BCUT2D eigenvalue weighted by Crippen LogP contribution is -2.33. The number of rotatable bonds is 4. The minimum absolute atomic E-state index is 0.131. The molecule has 0 saturated carbocycles. The van der Waals surface area contributed by atoms with Gasteiger partial charge in [0.1, 0.15) is 0 Å². The van der Waals surface area contributed by atoms with Crippen molar-refractivity contribution in [3.63, 3.8) is 0 Å². The lowest BCUT2D eigenvalue weighted by molar-refractivity contribution is 0.101. The van der Waals surface area contributed by atoms with Crippen molar-refractivity contribution in [3.8, 4) is 0 Å². The highest BCUT2D eigenvalue weighted by Crippen LogP contribution is 2.37. The van der Waals surface area contributed by atoms with Gasteiger partial charge in [-0.2, -0.15) is 16.1 Å². The highest BCUT2D eigenvalue weighted by atomic mass is 32.2. The van der Waals surface area contributed by atoms with Crippen LogP contribution in [0.1, 0.15) is 40.1 Å². The average Bonchev–Trinajstić information content (AvgIpc) is 2.89. The van der Waals surface area contributed by atoms with E-state index >= 15 is 0 Å². The second-order valence-corrected chi connectivity index (χ2v) is 9.74. The summed E-state index contributed by atoms with van der Waals surface area (Å²) in [5, 5.41) is 0.306. The minimum atomic E-state index is -3.59. The first-order chi connectivity index (χ1) is 12.4. The molecule has 0 bridgehead atoms. The van der Waals surface area contributed by atoms with Crippen LogP contribution in [0.15, 0.2) is 53.4 Å². The first-order valence-corrected chi connectivity index (χ1v) is 11.2. The second-order valence-electron chi connectivity index (χ2n) is 6.49. The van der Waals surface area contributed by atoms with E-state index in [1.807, 2.05) is 23.9 Å². The predicted molar refractivity (Wildman–Crippen MR) is 106 cm³/mol. The number of aryl methyl sites for hydroxylation is 1. The summed E-state index contributed by atoms with van der Waals surface area (Å²) in [5.74, 6) is 0.623. The van der Waals surface area contributed by atoms with Gasteiger partial charge in [0, 0.05) is 29.7 Å². The van der Waals surface area contributed by atoms with Crippen LogP contribution < -0.4 is 0 Å². The highest BCUT2D eigenvalue weighted by Gasteiger charge is 2.29. The molecule has 1 unspecified atom stereocenters. The van der Waals surface area contributed by atoms with Gasteiger partial charge in [-0.1, -0.05) is 36.4 Å². The fourth-order valence-electron chi connectivity index (χ4n) is 3.21. The van der Waals surface area contributed by atoms with Crippen molar-refractivity contribution in [1.29, 1.82) is 0 Å². The molecule has 1 atom stereocenters. The van der Waals surface area contributed by atoms with Crippen molar-refractivity contribution in [1.82, 2.24) is 4.31 Å². The molecule has 1 saturated heterocycles. The Morgan fingerprint density at radius 2 is 1.88 bits per heavy atom. The molecule has 1 aliphatic heterocycles. The smallest absolute Gasteiger partial charge is 0.243 e. The summed E-state index contributed by atoms with van der Waals surface area (Å²) < 4.78 is 27.6. The van der Waals surface area contributed by atoms with Crippen LogP contribution in [0.2, 0.25) is 0 Å². The Kier molecular flexibility index (Phi) is 5.85. The number of carbonyl (C=O) groups excluding carboxylic acids is 1. The highest BCUT2D eigenvalue weighted by molar-refractivity contribution is 7.99. The summed E-state index contributed by atoms with van der Waals surface area (Å²) in [7, 11) is -3.59. The lowest BCUT2D eigenvalue weighted by atomic mass is 10.0. The van der Waals surface area contributed by atoms with Crippen LogP contribution in [0.25, 0.3) is 0 Å². The number of sulfonamides is 1. The van der Waals surface area contributed by atoms with Gasteiger partial charge in [0.15, 0.2) is 5.78 Å². The molecule has 4 nitrogen and oxygen atoms in total. The monoisotopic (exact) mass is 389 g/mol. The van der Waals surface area contributed by atoms with Gasteiger partial charge in [-0.15, -0.1) is 0 Å². The molecule has 6 heteroatoms. The molecular weight excluding hydrogens is 366 g/mol. The summed E-state index contributed by atoms with van der Waals surface area (Å²) in [6.45, 7) is 4.52. The summed E-state index contributed by atoms with van der Waals surface area (Å²) >= 11 is 1.81. The molecular formula is C20H23NO3S2. The van der Waals surface area contributed by atoms with E-state index in [1.165, 1.54) is 24.1 Å². The van der Waals surface area contributed by atoms with Gasteiger partial charge in [0.05, 0.1) is 4.90 Å². The van der Waals surface area contributed by atoms with Crippen LogP contribution in [-0.4, -0.2) is 37.3 Å². The molecule has 26 heavy (non-hydrogen) atoms. The van der Waals surface area contributed by atoms with Crippen molar-refractivity contribution in [2.45, 2.75) is 30.4 Å². The zero-order valence-electron chi connectivity index (χ0n) is 15.0. The van der Waals surface area contributed by atoms with E-state index in [4.69, 9.17) is 0 Å². The largest absolute Gasteiger partial charge is 0.295 e. The number of ketones is 1.